The first-order valence-electron chi connectivity index (χ1n) is 9.57. The van der Waals surface area contributed by atoms with E-state index in [2.05, 4.69) is 0 Å². The predicted octanol–water partition coefficient (Wildman–Crippen LogP) is 2.79. The number of hydrogen-bond acceptors (Lipinski definition) is 7. The highest BCUT2D eigenvalue weighted by molar-refractivity contribution is 8.04. The minimum atomic E-state index is -1.16. The molecule has 0 aromatic heterocycles. The molecule has 2 atom stereocenters. The van der Waals surface area contributed by atoms with E-state index in [1.807, 2.05) is 6.92 Å². The van der Waals surface area contributed by atoms with E-state index in [-0.39, 0.29) is 40.1 Å². The first kappa shape index (κ1) is 21.9. The van der Waals surface area contributed by atoms with Crippen LogP contribution in [0.5, 0.6) is 0 Å². The van der Waals surface area contributed by atoms with Crippen LogP contribution in [0.4, 0.5) is 4.39 Å². The summed E-state index contributed by atoms with van der Waals surface area (Å²) in [5, 5.41) is -0.287. The topological polar surface area (TPSA) is 98.9 Å². The lowest BCUT2D eigenvalue weighted by atomic mass is 9.82. The third-order valence-electron chi connectivity index (χ3n) is 4.96. The first-order valence-corrected chi connectivity index (χ1v) is 10.5. The van der Waals surface area contributed by atoms with Gasteiger partial charge in [-0.15, -0.1) is 0 Å². The van der Waals surface area contributed by atoms with E-state index in [1.165, 1.54) is 25.3 Å². The Morgan fingerprint density at radius 3 is 2.57 bits per heavy atom. The average Bonchev–Trinajstić information content (AvgIpc) is 3.02. The lowest BCUT2D eigenvalue weighted by Crippen LogP contribution is -2.40. The molecule has 2 aliphatic heterocycles. The molecule has 9 heteroatoms. The van der Waals surface area contributed by atoms with Crippen molar-refractivity contribution in [1.29, 1.82) is 0 Å². The summed E-state index contributed by atoms with van der Waals surface area (Å²) in [6, 6.07) is 5.79. The molecule has 0 radical (unpaired) electrons. The lowest BCUT2D eigenvalue weighted by molar-refractivity contribution is -0.139. The molecule has 2 unspecified atom stereocenters. The van der Waals surface area contributed by atoms with Crippen molar-refractivity contribution in [2.45, 2.75) is 37.9 Å². The molecular formula is C21H23FN2O5S. The highest BCUT2D eigenvalue weighted by atomic mass is 32.2. The van der Waals surface area contributed by atoms with Gasteiger partial charge in [0, 0.05) is 5.56 Å². The Hall–Kier alpha value is -2.81. The van der Waals surface area contributed by atoms with E-state index < -0.39 is 28.9 Å². The standard InChI is InChI=1S/C21H23FN2O5S/c1-4-5-10-29-21(27)15-14(12-8-6-7-9-13(12)22)16(20(26)28-3)19-24(17(15)23)18(25)11(2)30-19/h6-9,11,14H,4-5,10,23H2,1-3H3. The van der Waals surface area contributed by atoms with Crippen molar-refractivity contribution >= 4 is 29.6 Å². The summed E-state index contributed by atoms with van der Waals surface area (Å²) >= 11 is 1.12. The maximum atomic E-state index is 14.8. The molecule has 160 valence electrons. The van der Waals surface area contributed by atoms with Crippen molar-refractivity contribution in [3.8, 4) is 0 Å². The van der Waals surface area contributed by atoms with E-state index in [1.54, 1.807) is 13.0 Å². The molecule has 1 amide bonds. The fourth-order valence-corrected chi connectivity index (χ4v) is 4.61. The number of nitrogens with zero attached hydrogens (tertiary/aromatic N) is 1. The van der Waals surface area contributed by atoms with Crippen molar-refractivity contribution < 1.29 is 28.2 Å². The molecule has 1 aromatic rings. The Kier molecular flexibility index (Phi) is 6.50. The first-order chi connectivity index (χ1) is 14.3. The monoisotopic (exact) mass is 434 g/mol. The van der Waals surface area contributed by atoms with Crippen molar-refractivity contribution in [2.24, 2.45) is 5.73 Å². The van der Waals surface area contributed by atoms with Crippen LogP contribution < -0.4 is 5.73 Å². The Bertz CT molecular complexity index is 958. The van der Waals surface area contributed by atoms with Gasteiger partial charge in [-0.1, -0.05) is 43.3 Å². The summed E-state index contributed by atoms with van der Waals surface area (Å²) in [5.74, 6) is -3.89. The molecule has 2 heterocycles. The van der Waals surface area contributed by atoms with Crippen molar-refractivity contribution in [2.75, 3.05) is 13.7 Å². The number of methoxy groups -OCH3 is 1. The third-order valence-corrected chi connectivity index (χ3v) is 6.14. The van der Waals surface area contributed by atoms with Crippen LogP contribution in [-0.4, -0.2) is 41.7 Å². The number of amides is 1. The van der Waals surface area contributed by atoms with E-state index in [4.69, 9.17) is 15.2 Å². The normalized spacial score (nSPS) is 21.1. The van der Waals surface area contributed by atoms with E-state index in [9.17, 15) is 18.8 Å². The van der Waals surface area contributed by atoms with Gasteiger partial charge in [0.1, 0.15) is 11.6 Å². The van der Waals surface area contributed by atoms with Gasteiger partial charge in [0.05, 0.1) is 41.1 Å². The molecule has 1 aromatic carbocycles. The molecular weight excluding hydrogens is 411 g/mol. The average molecular weight is 434 g/mol. The van der Waals surface area contributed by atoms with Gasteiger partial charge in [0.2, 0.25) is 5.91 Å². The minimum Gasteiger partial charge on any atom is -0.466 e. The molecule has 2 aliphatic rings. The Morgan fingerprint density at radius 1 is 1.23 bits per heavy atom. The highest BCUT2D eigenvalue weighted by Crippen LogP contribution is 2.50. The van der Waals surface area contributed by atoms with Crippen LogP contribution in [0.2, 0.25) is 0 Å². The van der Waals surface area contributed by atoms with Crippen LogP contribution in [0.25, 0.3) is 0 Å². The van der Waals surface area contributed by atoms with Crippen molar-refractivity contribution in [1.82, 2.24) is 4.90 Å². The quantitative estimate of drug-likeness (QED) is 0.543. The van der Waals surface area contributed by atoms with Crippen molar-refractivity contribution in [3.63, 3.8) is 0 Å². The number of unbranched alkanes of at least 4 members (excludes halogenated alkanes) is 1. The number of thioether (sulfide) groups is 1. The summed E-state index contributed by atoms with van der Waals surface area (Å²) in [5.41, 5.74) is 6.18. The van der Waals surface area contributed by atoms with Crippen LogP contribution in [0.3, 0.4) is 0 Å². The van der Waals surface area contributed by atoms with Crippen LogP contribution in [0, 0.1) is 5.82 Å². The zero-order chi connectivity index (χ0) is 22.0. The molecule has 7 nitrogen and oxygen atoms in total. The highest BCUT2D eigenvalue weighted by Gasteiger charge is 2.49. The summed E-state index contributed by atoms with van der Waals surface area (Å²) in [6.45, 7) is 3.74. The predicted molar refractivity (Wildman–Crippen MR) is 109 cm³/mol. The zero-order valence-corrected chi connectivity index (χ0v) is 17.8. The second kappa shape index (κ2) is 8.91. The molecule has 1 fully saturated rings. The number of fused-ring (bicyclic) bond motifs is 1. The van der Waals surface area contributed by atoms with Gasteiger partial charge in [0.15, 0.2) is 0 Å². The van der Waals surface area contributed by atoms with Gasteiger partial charge < -0.3 is 15.2 Å². The Labute approximate surface area is 178 Å². The molecule has 1 saturated heterocycles. The second-order valence-corrected chi connectivity index (χ2v) is 8.22. The number of nitrogens with two attached hydrogens (primary N) is 1. The van der Waals surface area contributed by atoms with E-state index in [0.717, 1.165) is 23.1 Å². The van der Waals surface area contributed by atoms with Crippen LogP contribution in [0.1, 0.15) is 38.2 Å². The molecule has 0 bridgehead atoms. The van der Waals surface area contributed by atoms with E-state index >= 15 is 0 Å². The number of hydrogen-bond donors (Lipinski definition) is 1. The zero-order valence-electron chi connectivity index (χ0n) is 16.9. The fourth-order valence-electron chi connectivity index (χ4n) is 3.45. The van der Waals surface area contributed by atoms with Gasteiger partial charge in [-0.2, -0.15) is 0 Å². The molecule has 2 N–H and O–H groups in total. The van der Waals surface area contributed by atoms with Gasteiger partial charge in [0.25, 0.3) is 0 Å². The smallest absolute Gasteiger partial charge is 0.338 e. The third kappa shape index (κ3) is 3.69. The summed E-state index contributed by atoms with van der Waals surface area (Å²) < 4.78 is 25.1. The summed E-state index contributed by atoms with van der Waals surface area (Å²) in [4.78, 5) is 39.7. The van der Waals surface area contributed by atoms with Crippen LogP contribution >= 0.6 is 11.8 Å². The maximum Gasteiger partial charge on any atom is 0.338 e. The molecule has 0 spiro atoms. The molecule has 0 aliphatic carbocycles. The Morgan fingerprint density at radius 2 is 1.93 bits per heavy atom. The fraction of sp³-hybridized carbons (Fsp3) is 0.381. The van der Waals surface area contributed by atoms with Crippen LogP contribution in [0.15, 0.2) is 46.3 Å². The summed E-state index contributed by atoms with van der Waals surface area (Å²) in [6.07, 6.45) is 1.43. The number of rotatable bonds is 6. The van der Waals surface area contributed by atoms with Crippen LogP contribution in [-0.2, 0) is 23.9 Å². The summed E-state index contributed by atoms with van der Waals surface area (Å²) in [7, 11) is 1.18. The lowest BCUT2D eigenvalue weighted by Gasteiger charge is -2.33. The van der Waals surface area contributed by atoms with Gasteiger partial charge >= 0.3 is 11.9 Å². The molecule has 30 heavy (non-hydrogen) atoms. The number of ether oxygens (including phenoxy) is 2. The van der Waals surface area contributed by atoms with Crippen molar-refractivity contribution in [3.05, 3.63) is 57.6 Å². The van der Waals surface area contributed by atoms with Gasteiger partial charge in [-0.3, -0.25) is 9.69 Å². The Balaban J connectivity index is 2.24. The number of carbonyl (C=O) groups excluding carboxylic acids is 3. The number of carbonyl (C=O) groups is 3. The SMILES string of the molecule is CCCCOC(=O)C1=C(N)N2C(=O)C(C)SC2=C(C(=O)OC)C1c1ccccc1F. The maximum absolute atomic E-state index is 14.8. The van der Waals surface area contributed by atoms with E-state index in [0.29, 0.717) is 6.42 Å². The number of halogens is 1. The largest absolute Gasteiger partial charge is 0.466 e. The second-order valence-electron chi connectivity index (χ2n) is 6.89. The van der Waals surface area contributed by atoms with Gasteiger partial charge in [-0.25, -0.2) is 14.0 Å². The molecule has 3 rings (SSSR count). The van der Waals surface area contributed by atoms with Gasteiger partial charge in [-0.05, 0) is 19.4 Å². The minimum absolute atomic E-state index is 0.0121. The number of esters is 2. The molecule has 0 saturated carbocycles. The number of benzene rings is 1.